The van der Waals surface area contributed by atoms with Crippen molar-refractivity contribution in [2.75, 3.05) is 18.8 Å². The number of carbonyl (C=O) groups is 1. The molecule has 0 aromatic carbocycles. The van der Waals surface area contributed by atoms with E-state index in [2.05, 4.69) is 16.9 Å². The van der Waals surface area contributed by atoms with Crippen molar-refractivity contribution in [3.8, 4) is 0 Å². The number of carbonyl (C=O) groups excluding carboxylic acids is 1. The summed E-state index contributed by atoms with van der Waals surface area (Å²) in [6.45, 7) is 6.85. The number of aliphatic imine (C=N–C) groups is 1. The molecule has 1 unspecified atom stereocenters. The summed E-state index contributed by atoms with van der Waals surface area (Å²) in [6, 6.07) is 0. The van der Waals surface area contributed by atoms with E-state index >= 15 is 0 Å². The van der Waals surface area contributed by atoms with E-state index in [0.29, 0.717) is 6.54 Å². The van der Waals surface area contributed by atoms with Gasteiger partial charge in [0.2, 0.25) is 5.91 Å². The van der Waals surface area contributed by atoms with E-state index in [1.807, 2.05) is 6.92 Å². The van der Waals surface area contributed by atoms with Crippen molar-refractivity contribution in [1.29, 1.82) is 0 Å². The molecule has 0 aliphatic carbocycles. The summed E-state index contributed by atoms with van der Waals surface area (Å²) >= 11 is 3.26. The number of amides is 1. The Bertz CT molecular complexity index is 253. The van der Waals surface area contributed by atoms with Gasteiger partial charge in [-0.1, -0.05) is 29.6 Å². The van der Waals surface area contributed by atoms with Gasteiger partial charge in [-0.2, -0.15) is 0 Å². The Balaban J connectivity index is 2.29. The second-order valence-corrected chi connectivity index (χ2v) is 5.46. The lowest BCUT2D eigenvalue weighted by Gasteiger charge is -2.09. The van der Waals surface area contributed by atoms with Crippen molar-refractivity contribution in [3.05, 3.63) is 12.7 Å². The highest BCUT2D eigenvalue weighted by Crippen LogP contribution is 2.25. The first-order valence-electron chi connectivity index (χ1n) is 4.46. The van der Waals surface area contributed by atoms with Crippen LogP contribution in [0.4, 0.5) is 0 Å². The molecule has 0 saturated carbocycles. The normalized spacial score (nSPS) is 17.4. The third-order valence-corrected chi connectivity index (χ3v) is 3.93. The monoisotopic (exact) mass is 230 g/mol. The summed E-state index contributed by atoms with van der Waals surface area (Å²) in [6.07, 6.45) is 1.68. The first kappa shape index (κ1) is 11.7. The van der Waals surface area contributed by atoms with E-state index in [1.54, 1.807) is 17.8 Å². The molecule has 3 nitrogen and oxygen atoms in total. The van der Waals surface area contributed by atoms with E-state index in [-0.39, 0.29) is 11.2 Å². The van der Waals surface area contributed by atoms with Gasteiger partial charge >= 0.3 is 0 Å². The Kier molecular flexibility index (Phi) is 5.11. The third kappa shape index (κ3) is 3.75. The van der Waals surface area contributed by atoms with E-state index in [1.165, 1.54) is 11.8 Å². The van der Waals surface area contributed by atoms with E-state index in [9.17, 15) is 4.79 Å². The van der Waals surface area contributed by atoms with Crippen molar-refractivity contribution in [3.63, 3.8) is 0 Å². The maximum Gasteiger partial charge on any atom is 0.233 e. The van der Waals surface area contributed by atoms with Gasteiger partial charge in [-0.15, -0.1) is 6.58 Å². The van der Waals surface area contributed by atoms with Crippen LogP contribution in [-0.2, 0) is 4.79 Å². The SMILES string of the molecule is C=CCNC(=O)C(C)SC1=NCCS1. The van der Waals surface area contributed by atoms with Crippen LogP contribution in [0.2, 0.25) is 0 Å². The smallest absolute Gasteiger partial charge is 0.233 e. The summed E-state index contributed by atoms with van der Waals surface area (Å²) in [5.41, 5.74) is 0. The maximum atomic E-state index is 11.4. The van der Waals surface area contributed by atoms with Gasteiger partial charge in [0.25, 0.3) is 0 Å². The molecule has 78 valence electrons. The molecule has 0 saturated heterocycles. The molecule has 1 aliphatic heterocycles. The van der Waals surface area contributed by atoms with Crippen molar-refractivity contribution in [1.82, 2.24) is 5.32 Å². The fraction of sp³-hybridized carbons (Fsp3) is 0.556. The fourth-order valence-corrected chi connectivity index (χ4v) is 3.06. The van der Waals surface area contributed by atoms with E-state index < -0.39 is 0 Å². The number of hydrogen-bond donors (Lipinski definition) is 1. The molecule has 1 atom stereocenters. The van der Waals surface area contributed by atoms with E-state index in [0.717, 1.165) is 16.7 Å². The Morgan fingerprint density at radius 1 is 1.93 bits per heavy atom. The minimum absolute atomic E-state index is 0.0464. The second kappa shape index (κ2) is 6.14. The summed E-state index contributed by atoms with van der Waals surface area (Å²) in [5, 5.41) is 2.69. The average Bonchev–Trinajstić information content (AvgIpc) is 2.66. The third-order valence-electron chi connectivity index (χ3n) is 1.63. The highest BCUT2D eigenvalue weighted by atomic mass is 32.2. The van der Waals surface area contributed by atoms with Crippen LogP contribution in [0, 0.1) is 0 Å². The first-order chi connectivity index (χ1) is 6.74. The summed E-state index contributed by atoms with van der Waals surface area (Å²) in [7, 11) is 0. The van der Waals surface area contributed by atoms with Crippen LogP contribution >= 0.6 is 23.5 Å². The molecular weight excluding hydrogens is 216 g/mol. The standard InChI is InChI=1S/C9H14N2OS2/c1-3-4-10-8(12)7(2)14-9-11-5-6-13-9/h3,7H,1,4-6H2,2H3,(H,10,12). The molecule has 0 spiro atoms. The molecule has 14 heavy (non-hydrogen) atoms. The molecule has 1 amide bonds. The van der Waals surface area contributed by atoms with Crippen LogP contribution in [0.3, 0.4) is 0 Å². The summed E-state index contributed by atoms with van der Waals surface area (Å²) < 4.78 is 1.03. The largest absolute Gasteiger partial charge is 0.352 e. The van der Waals surface area contributed by atoms with Gasteiger partial charge in [-0.3, -0.25) is 9.79 Å². The zero-order valence-electron chi connectivity index (χ0n) is 8.16. The lowest BCUT2D eigenvalue weighted by atomic mass is 10.4. The van der Waals surface area contributed by atoms with Crippen LogP contribution in [-0.4, -0.2) is 34.4 Å². The number of rotatable bonds is 4. The predicted molar refractivity (Wildman–Crippen MR) is 65.0 cm³/mol. The van der Waals surface area contributed by atoms with Crippen molar-refractivity contribution < 1.29 is 4.79 Å². The summed E-state index contributed by atoms with van der Waals surface area (Å²) in [4.78, 5) is 15.7. The topological polar surface area (TPSA) is 41.5 Å². The van der Waals surface area contributed by atoms with Crippen LogP contribution in [0.5, 0.6) is 0 Å². The molecular formula is C9H14N2OS2. The van der Waals surface area contributed by atoms with Crippen molar-refractivity contribution in [2.24, 2.45) is 4.99 Å². The molecule has 1 heterocycles. The molecule has 1 aliphatic rings. The van der Waals surface area contributed by atoms with Crippen LogP contribution in [0.1, 0.15) is 6.92 Å². The molecule has 1 rings (SSSR count). The quantitative estimate of drug-likeness (QED) is 0.744. The lowest BCUT2D eigenvalue weighted by Crippen LogP contribution is -2.31. The van der Waals surface area contributed by atoms with Crippen molar-refractivity contribution >= 4 is 33.8 Å². The molecule has 0 bridgehead atoms. The molecule has 0 aromatic heterocycles. The van der Waals surface area contributed by atoms with Gasteiger partial charge < -0.3 is 5.32 Å². The average molecular weight is 230 g/mol. The van der Waals surface area contributed by atoms with Gasteiger partial charge in [-0.25, -0.2) is 0 Å². The Morgan fingerprint density at radius 3 is 3.29 bits per heavy atom. The molecule has 5 heteroatoms. The molecule has 0 aromatic rings. The highest BCUT2D eigenvalue weighted by Gasteiger charge is 2.17. The molecule has 0 fully saturated rings. The number of thioether (sulfide) groups is 2. The van der Waals surface area contributed by atoms with Gasteiger partial charge in [-0.05, 0) is 6.92 Å². The number of nitrogens with one attached hydrogen (secondary N) is 1. The zero-order chi connectivity index (χ0) is 10.4. The summed E-state index contributed by atoms with van der Waals surface area (Å²) in [5.74, 6) is 1.09. The Labute approximate surface area is 92.8 Å². The minimum Gasteiger partial charge on any atom is -0.352 e. The fourth-order valence-electron chi connectivity index (χ4n) is 0.908. The van der Waals surface area contributed by atoms with Crippen molar-refractivity contribution in [2.45, 2.75) is 12.2 Å². The predicted octanol–water partition coefficient (Wildman–Crippen LogP) is 1.51. The zero-order valence-corrected chi connectivity index (χ0v) is 9.79. The maximum absolute atomic E-state index is 11.4. The Morgan fingerprint density at radius 2 is 2.71 bits per heavy atom. The first-order valence-corrected chi connectivity index (χ1v) is 6.33. The van der Waals surface area contributed by atoms with E-state index in [4.69, 9.17) is 0 Å². The molecule has 0 radical (unpaired) electrons. The van der Waals surface area contributed by atoms with Crippen LogP contribution in [0.15, 0.2) is 17.6 Å². The van der Waals surface area contributed by atoms with Crippen LogP contribution in [0.25, 0.3) is 0 Å². The number of nitrogens with zero attached hydrogens (tertiary/aromatic N) is 1. The van der Waals surface area contributed by atoms with Gasteiger partial charge in [0, 0.05) is 12.3 Å². The van der Waals surface area contributed by atoms with Gasteiger partial charge in [0.1, 0.15) is 4.38 Å². The lowest BCUT2D eigenvalue weighted by molar-refractivity contribution is -0.120. The van der Waals surface area contributed by atoms with Crippen LogP contribution < -0.4 is 5.32 Å². The molecule has 1 N–H and O–H groups in total. The van der Waals surface area contributed by atoms with Gasteiger partial charge in [0.05, 0.1) is 11.8 Å². The van der Waals surface area contributed by atoms with Gasteiger partial charge in [0.15, 0.2) is 0 Å². The Hall–Kier alpha value is -0.420. The highest BCUT2D eigenvalue weighted by molar-refractivity contribution is 8.39. The number of hydrogen-bond acceptors (Lipinski definition) is 4. The minimum atomic E-state index is -0.0701. The second-order valence-electron chi connectivity index (χ2n) is 2.79.